The van der Waals surface area contributed by atoms with E-state index < -0.39 is 0 Å². The number of rotatable bonds is 2. The van der Waals surface area contributed by atoms with Gasteiger partial charge in [-0.3, -0.25) is 0 Å². The molecule has 106 valence electrons. The second kappa shape index (κ2) is 5.68. The van der Waals surface area contributed by atoms with Crippen LogP contribution in [0.25, 0.3) is 5.95 Å². The van der Waals surface area contributed by atoms with E-state index in [2.05, 4.69) is 25.0 Å². The summed E-state index contributed by atoms with van der Waals surface area (Å²) in [4.78, 5) is 18.6. The van der Waals surface area contributed by atoms with Crippen molar-refractivity contribution in [3.63, 3.8) is 0 Å². The van der Waals surface area contributed by atoms with E-state index in [1.807, 2.05) is 11.8 Å². The lowest BCUT2D eigenvalue weighted by atomic mass is 10.3. The minimum atomic E-state index is 0.128. The number of aromatic nitrogens is 6. The Balaban J connectivity index is 1.92. The third-order valence-corrected chi connectivity index (χ3v) is 3.11. The molecular formula is C11H14ClN7O. The Labute approximate surface area is 120 Å². The van der Waals surface area contributed by atoms with Crippen LogP contribution in [0.1, 0.15) is 13.3 Å². The SMILES string of the molecule is CC1CN(c2nc(Cl)nc(-n3cncn3)n2)CCCO1. The minimum Gasteiger partial charge on any atom is -0.377 e. The van der Waals surface area contributed by atoms with E-state index in [4.69, 9.17) is 16.3 Å². The maximum Gasteiger partial charge on any atom is 0.258 e. The van der Waals surface area contributed by atoms with Gasteiger partial charge in [-0.2, -0.15) is 24.7 Å². The summed E-state index contributed by atoms with van der Waals surface area (Å²) >= 11 is 5.98. The third kappa shape index (κ3) is 2.86. The normalized spacial score (nSPS) is 19.9. The molecule has 0 aromatic carbocycles. The van der Waals surface area contributed by atoms with E-state index in [1.54, 1.807) is 0 Å². The summed E-state index contributed by atoms with van der Waals surface area (Å²) in [5, 5.41) is 4.14. The molecule has 1 fully saturated rings. The zero-order chi connectivity index (χ0) is 13.9. The van der Waals surface area contributed by atoms with Gasteiger partial charge in [0.25, 0.3) is 5.95 Å². The van der Waals surface area contributed by atoms with Crippen LogP contribution in [0.4, 0.5) is 5.95 Å². The molecule has 1 atom stereocenters. The van der Waals surface area contributed by atoms with E-state index in [0.29, 0.717) is 11.9 Å². The molecule has 0 amide bonds. The van der Waals surface area contributed by atoms with Gasteiger partial charge in [0, 0.05) is 19.7 Å². The summed E-state index contributed by atoms with van der Waals surface area (Å²) in [7, 11) is 0. The molecule has 0 N–H and O–H groups in total. The number of nitrogens with zero attached hydrogens (tertiary/aromatic N) is 7. The molecule has 1 aliphatic heterocycles. The monoisotopic (exact) mass is 295 g/mol. The zero-order valence-electron chi connectivity index (χ0n) is 11.0. The Morgan fingerprint density at radius 1 is 1.30 bits per heavy atom. The van der Waals surface area contributed by atoms with E-state index >= 15 is 0 Å². The molecule has 1 unspecified atom stereocenters. The fourth-order valence-electron chi connectivity index (χ4n) is 2.06. The van der Waals surface area contributed by atoms with Crippen molar-refractivity contribution >= 4 is 17.5 Å². The molecule has 20 heavy (non-hydrogen) atoms. The van der Waals surface area contributed by atoms with E-state index in [0.717, 1.165) is 26.1 Å². The Morgan fingerprint density at radius 2 is 2.15 bits per heavy atom. The molecule has 2 aromatic heterocycles. The lowest BCUT2D eigenvalue weighted by Crippen LogP contribution is -2.32. The van der Waals surface area contributed by atoms with Crippen molar-refractivity contribution in [2.24, 2.45) is 0 Å². The second-order valence-electron chi connectivity index (χ2n) is 4.53. The highest BCUT2D eigenvalue weighted by molar-refractivity contribution is 6.28. The smallest absolute Gasteiger partial charge is 0.258 e. The number of halogens is 1. The van der Waals surface area contributed by atoms with Crippen LogP contribution in [0.2, 0.25) is 5.28 Å². The fraction of sp³-hybridized carbons (Fsp3) is 0.545. The largest absolute Gasteiger partial charge is 0.377 e. The van der Waals surface area contributed by atoms with Crippen molar-refractivity contribution in [3.05, 3.63) is 17.9 Å². The van der Waals surface area contributed by atoms with Crippen LogP contribution in [0.5, 0.6) is 0 Å². The number of hydrogen-bond donors (Lipinski definition) is 0. The van der Waals surface area contributed by atoms with Crippen LogP contribution >= 0.6 is 11.6 Å². The molecule has 3 rings (SSSR count). The molecule has 3 heterocycles. The van der Waals surface area contributed by atoms with Gasteiger partial charge < -0.3 is 9.64 Å². The summed E-state index contributed by atoms with van der Waals surface area (Å²) in [6.07, 6.45) is 3.98. The average Bonchev–Trinajstić information content (AvgIpc) is 2.87. The van der Waals surface area contributed by atoms with Gasteiger partial charge in [0.15, 0.2) is 0 Å². The molecule has 0 aliphatic carbocycles. The summed E-state index contributed by atoms with van der Waals surface area (Å²) < 4.78 is 7.07. The molecule has 0 radical (unpaired) electrons. The van der Waals surface area contributed by atoms with Crippen LogP contribution in [0, 0.1) is 0 Å². The van der Waals surface area contributed by atoms with Crippen LogP contribution in [-0.4, -0.2) is 55.5 Å². The first-order chi connectivity index (χ1) is 9.72. The van der Waals surface area contributed by atoms with Crippen molar-refractivity contribution in [2.75, 3.05) is 24.6 Å². The van der Waals surface area contributed by atoms with Crippen molar-refractivity contribution in [1.29, 1.82) is 0 Å². The zero-order valence-corrected chi connectivity index (χ0v) is 11.7. The molecule has 1 aliphatic rings. The van der Waals surface area contributed by atoms with Crippen LogP contribution in [0.3, 0.4) is 0 Å². The first kappa shape index (κ1) is 13.2. The van der Waals surface area contributed by atoms with Crippen molar-refractivity contribution in [2.45, 2.75) is 19.4 Å². The number of hydrogen-bond acceptors (Lipinski definition) is 7. The Morgan fingerprint density at radius 3 is 2.95 bits per heavy atom. The molecule has 0 saturated carbocycles. The topological polar surface area (TPSA) is 81.9 Å². The van der Waals surface area contributed by atoms with Gasteiger partial charge in [0.05, 0.1) is 6.10 Å². The second-order valence-corrected chi connectivity index (χ2v) is 4.86. The van der Waals surface area contributed by atoms with Gasteiger partial charge in [-0.1, -0.05) is 0 Å². The molecule has 0 bridgehead atoms. The molecular weight excluding hydrogens is 282 g/mol. The van der Waals surface area contributed by atoms with Crippen molar-refractivity contribution < 1.29 is 4.74 Å². The highest BCUT2D eigenvalue weighted by Crippen LogP contribution is 2.16. The first-order valence-electron chi connectivity index (χ1n) is 6.35. The lowest BCUT2D eigenvalue weighted by Gasteiger charge is -2.22. The van der Waals surface area contributed by atoms with E-state index in [9.17, 15) is 0 Å². The summed E-state index contributed by atoms with van der Waals surface area (Å²) in [6.45, 7) is 4.31. The van der Waals surface area contributed by atoms with Gasteiger partial charge in [0.2, 0.25) is 11.2 Å². The quantitative estimate of drug-likeness (QED) is 0.807. The Hall–Kier alpha value is -1.80. The van der Waals surface area contributed by atoms with Gasteiger partial charge in [-0.25, -0.2) is 4.98 Å². The number of anilines is 1. The van der Waals surface area contributed by atoms with Crippen LogP contribution in [-0.2, 0) is 4.74 Å². The van der Waals surface area contributed by atoms with Gasteiger partial charge in [0.1, 0.15) is 12.7 Å². The summed E-state index contributed by atoms with van der Waals surface area (Å²) in [5.74, 6) is 0.892. The maximum atomic E-state index is 5.98. The molecule has 0 spiro atoms. The summed E-state index contributed by atoms with van der Waals surface area (Å²) in [6, 6.07) is 0. The fourth-order valence-corrected chi connectivity index (χ4v) is 2.21. The van der Waals surface area contributed by atoms with E-state index in [-0.39, 0.29) is 11.4 Å². The van der Waals surface area contributed by atoms with Gasteiger partial charge in [-0.15, -0.1) is 0 Å². The van der Waals surface area contributed by atoms with Gasteiger partial charge >= 0.3 is 0 Å². The Kier molecular flexibility index (Phi) is 3.75. The van der Waals surface area contributed by atoms with Crippen LogP contribution in [0.15, 0.2) is 12.7 Å². The predicted octanol–water partition coefficient (Wildman–Crippen LogP) is 0.721. The first-order valence-corrected chi connectivity index (χ1v) is 6.73. The predicted molar refractivity (Wildman–Crippen MR) is 72.0 cm³/mol. The molecule has 9 heteroatoms. The lowest BCUT2D eigenvalue weighted by molar-refractivity contribution is 0.0820. The maximum absolute atomic E-state index is 5.98. The minimum absolute atomic E-state index is 0.128. The van der Waals surface area contributed by atoms with E-state index in [1.165, 1.54) is 17.3 Å². The third-order valence-electron chi connectivity index (χ3n) is 2.94. The highest BCUT2D eigenvalue weighted by Gasteiger charge is 2.19. The van der Waals surface area contributed by atoms with Crippen molar-refractivity contribution in [1.82, 2.24) is 29.7 Å². The number of ether oxygens (including phenoxy) is 1. The Bertz CT molecular complexity index is 576. The summed E-state index contributed by atoms with van der Waals surface area (Å²) in [5.41, 5.74) is 0. The van der Waals surface area contributed by atoms with Gasteiger partial charge in [-0.05, 0) is 24.9 Å². The standard InChI is InChI=1S/C11H14ClN7O/c1-8-5-18(3-2-4-20-8)10-15-9(12)16-11(17-10)19-7-13-6-14-19/h6-8H,2-5H2,1H3. The molecule has 1 saturated heterocycles. The molecule has 8 nitrogen and oxygen atoms in total. The molecule has 2 aromatic rings. The highest BCUT2D eigenvalue weighted by atomic mass is 35.5. The van der Waals surface area contributed by atoms with Crippen molar-refractivity contribution in [3.8, 4) is 5.95 Å². The average molecular weight is 296 g/mol. The van der Waals surface area contributed by atoms with Crippen LogP contribution < -0.4 is 4.90 Å².